The third-order valence-electron chi connectivity index (χ3n) is 3.27. The Morgan fingerprint density at radius 2 is 2.00 bits per heavy atom. The summed E-state index contributed by atoms with van der Waals surface area (Å²) in [4.78, 5) is 16.4. The molecule has 3 aromatic rings. The van der Waals surface area contributed by atoms with Crippen LogP contribution in [-0.2, 0) is 0 Å². The SMILES string of the molecule is Cc1ccc(-n2c(=S)[nH]c3sccc3c2=O)cc1C. The molecule has 0 spiro atoms. The van der Waals surface area contributed by atoms with Crippen molar-refractivity contribution in [1.29, 1.82) is 0 Å². The summed E-state index contributed by atoms with van der Waals surface area (Å²) < 4.78 is 1.99. The van der Waals surface area contributed by atoms with Crippen molar-refractivity contribution in [2.75, 3.05) is 0 Å². The van der Waals surface area contributed by atoms with Gasteiger partial charge < -0.3 is 4.98 Å². The number of hydrogen-bond donors (Lipinski definition) is 1. The van der Waals surface area contributed by atoms with Gasteiger partial charge in [-0.05, 0) is 60.8 Å². The Morgan fingerprint density at radius 1 is 1.21 bits per heavy atom. The predicted molar refractivity (Wildman–Crippen MR) is 82.1 cm³/mol. The van der Waals surface area contributed by atoms with Gasteiger partial charge in [0.25, 0.3) is 5.56 Å². The van der Waals surface area contributed by atoms with E-state index in [9.17, 15) is 4.79 Å². The van der Waals surface area contributed by atoms with Gasteiger partial charge in [-0.2, -0.15) is 0 Å². The lowest BCUT2D eigenvalue weighted by atomic mass is 10.1. The topological polar surface area (TPSA) is 37.8 Å². The Hall–Kier alpha value is -1.72. The fourth-order valence-electron chi connectivity index (χ4n) is 2.04. The molecule has 19 heavy (non-hydrogen) atoms. The van der Waals surface area contributed by atoms with Crippen LogP contribution in [0.1, 0.15) is 11.1 Å². The molecule has 0 aliphatic rings. The lowest BCUT2D eigenvalue weighted by Gasteiger charge is -2.08. The smallest absolute Gasteiger partial charge is 0.267 e. The minimum absolute atomic E-state index is 0.0664. The number of rotatable bonds is 1. The summed E-state index contributed by atoms with van der Waals surface area (Å²) in [5, 5.41) is 2.57. The predicted octanol–water partition coefficient (Wildman–Crippen LogP) is 3.73. The largest absolute Gasteiger partial charge is 0.323 e. The van der Waals surface area contributed by atoms with Crippen molar-refractivity contribution < 1.29 is 0 Å². The molecule has 0 saturated heterocycles. The quantitative estimate of drug-likeness (QED) is 0.693. The number of benzene rings is 1. The highest BCUT2D eigenvalue weighted by Crippen LogP contribution is 2.17. The van der Waals surface area contributed by atoms with Gasteiger partial charge in [-0.15, -0.1) is 11.3 Å². The van der Waals surface area contributed by atoms with E-state index in [1.54, 1.807) is 4.57 Å². The van der Waals surface area contributed by atoms with Crippen LogP contribution in [0.2, 0.25) is 0 Å². The minimum Gasteiger partial charge on any atom is -0.323 e. The Bertz CT molecular complexity index is 886. The molecule has 0 atom stereocenters. The highest BCUT2D eigenvalue weighted by atomic mass is 32.1. The van der Waals surface area contributed by atoms with E-state index < -0.39 is 0 Å². The van der Waals surface area contributed by atoms with Crippen LogP contribution in [0.15, 0.2) is 34.4 Å². The molecule has 2 aromatic heterocycles. The molecule has 1 aromatic carbocycles. The minimum atomic E-state index is -0.0664. The molecular weight excluding hydrogens is 276 g/mol. The Kier molecular flexibility index (Phi) is 2.88. The number of nitrogens with one attached hydrogen (secondary N) is 1. The van der Waals surface area contributed by atoms with Crippen molar-refractivity contribution >= 4 is 33.8 Å². The van der Waals surface area contributed by atoms with Crippen LogP contribution in [0.25, 0.3) is 15.9 Å². The van der Waals surface area contributed by atoms with E-state index in [0.717, 1.165) is 16.1 Å². The second kappa shape index (κ2) is 4.43. The maximum atomic E-state index is 12.5. The lowest BCUT2D eigenvalue weighted by Crippen LogP contribution is -2.19. The molecule has 0 radical (unpaired) electrons. The third kappa shape index (κ3) is 1.95. The molecule has 3 nitrogen and oxygen atoms in total. The zero-order valence-corrected chi connectivity index (χ0v) is 12.2. The molecule has 0 bridgehead atoms. The molecular formula is C14H12N2OS2. The van der Waals surface area contributed by atoms with E-state index in [4.69, 9.17) is 12.2 Å². The van der Waals surface area contributed by atoms with Crippen LogP contribution < -0.4 is 5.56 Å². The molecule has 0 fully saturated rings. The normalized spacial score (nSPS) is 11.1. The van der Waals surface area contributed by atoms with Gasteiger partial charge in [0.05, 0.1) is 11.1 Å². The first-order valence-electron chi connectivity index (χ1n) is 5.88. The number of aryl methyl sites for hydroxylation is 2. The molecule has 0 unspecified atom stereocenters. The van der Waals surface area contributed by atoms with Crippen LogP contribution in [0.3, 0.4) is 0 Å². The van der Waals surface area contributed by atoms with Crippen LogP contribution >= 0.6 is 23.6 Å². The van der Waals surface area contributed by atoms with Crippen LogP contribution in [0.5, 0.6) is 0 Å². The van der Waals surface area contributed by atoms with Gasteiger partial charge in [0.15, 0.2) is 4.77 Å². The van der Waals surface area contributed by atoms with Gasteiger partial charge in [0.1, 0.15) is 4.83 Å². The highest BCUT2D eigenvalue weighted by Gasteiger charge is 2.08. The summed E-state index contributed by atoms with van der Waals surface area (Å²) in [6, 6.07) is 7.74. The molecule has 0 aliphatic heterocycles. The fourth-order valence-corrected chi connectivity index (χ4v) is 3.17. The molecule has 1 N–H and O–H groups in total. The first-order chi connectivity index (χ1) is 9.08. The van der Waals surface area contributed by atoms with Gasteiger partial charge in [-0.3, -0.25) is 9.36 Å². The molecule has 0 saturated carbocycles. The van der Waals surface area contributed by atoms with Crippen LogP contribution in [-0.4, -0.2) is 9.55 Å². The zero-order valence-electron chi connectivity index (χ0n) is 10.6. The second-order valence-corrected chi connectivity index (χ2v) is 5.81. The molecule has 0 aliphatic carbocycles. The summed E-state index contributed by atoms with van der Waals surface area (Å²) in [6.45, 7) is 4.07. The van der Waals surface area contributed by atoms with E-state index in [0.29, 0.717) is 10.2 Å². The lowest BCUT2D eigenvalue weighted by molar-refractivity contribution is 0.940. The monoisotopic (exact) mass is 288 g/mol. The highest BCUT2D eigenvalue weighted by molar-refractivity contribution is 7.71. The van der Waals surface area contributed by atoms with Gasteiger partial charge in [0, 0.05) is 0 Å². The fraction of sp³-hybridized carbons (Fsp3) is 0.143. The van der Waals surface area contributed by atoms with E-state index in [2.05, 4.69) is 4.98 Å². The third-order valence-corrected chi connectivity index (χ3v) is 4.39. The second-order valence-electron chi connectivity index (χ2n) is 4.50. The van der Waals surface area contributed by atoms with Crippen LogP contribution in [0, 0.1) is 18.6 Å². The van der Waals surface area contributed by atoms with Crippen LogP contribution in [0.4, 0.5) is 0 Å². The van der Waals surface area contributed by atoms with Crippen molar-refractivity contribution in [3.8, 4) is 5.69 Å². The van der Waals surface area contributed by atoms with Crippen molar-refractivity contribution in [2.24, 2.45) is 0 Å². The van der Waals surface area contributed by atoms with Crippen molar-refractivity contribution in [1.82, 2.24) is 9.55 Å². The first-order valence-corrected chi connectivity index (χ1v) is 7.17. The number of H-pyrrole nitrogens is 1. The zero-order chi connectivity index (χ0) is 13.6. The van der Waals surface area contributed by atoms with Crippen molar-refractivity contribution in [3.05, 3.63) is 55.9 Å². The summed E-state index contributed by atoms with van der Waals surface area (Å²) in [5.41, 5.74) is 3.08. The first kappa shape index (κ1) is 12.3. The number of nitrogens with zero attached hydrogens (tertiary/aromatic N) is 1. The summed E-state index contributed by atoms with van der Waals surface area (Å²) in [6.07, 6.45) is 0. The van der Waals surface area contributed by atoms with Gasteiger partial charge in [0.2, 0.25) is 0 Å². The number of aromatic nitrogens is 2. The number of aromatic amines is 1. The van der Waals surface area contributed by atoms with E-state index in [1.165, 1.54) is 16.9 Å². The van der Waals surface area contributed by atoms with Gasteiger partial charge in [-0.1, -0.05) is 6.07 Å². The van der Waals surface area contributed by atoms with Crippen molar-refractivity contribution in [2.45, 2.75) is 13.8 Å². The number of fused-ring (bicyclic) bond motifs is 1. The number of thiophene rings is 1. The van der Waals surface area contributed by atoms with E-state index in [1.807, 2.05) is 43.5 Å². The van der Waals surface area contributed by atoms with E-state index >= 15 is 0 Å². The van der Waals surface area contributed by atoms with Crippen molar-refractivity contribution in [3.63, 3.8) is 0 Å². The average Bonchev–Trinajstić information content (AvgIpc) is 2.82. The standard InChI is InChI=1S/C14H12N2OS2/c1-8-3-4-10(7-9(8)2)16-13(17)11-5-6-19-12(11)15-14(16)18/h3-7H,1-2H3,(H,15,18). The van der Waals surface area contributed by atoms with E-state index in [-0.39, 0.29) is 5.56 Å². The summed E-state index contributed by atoms with van der Waals surface area (Å²) in [7, 11) is 0. The molecule has 5 heteroatoms. The van der Waals surface area contributed by atoms with Gasteiger partial charge in [-0.25, -0.2) is 0 Å². The average molecular weight is 288 g/mol. The maximum absolute atomic E-state index is 12.5. The Labute approximate surface area is 119 Å². The number of hydrogen-bond acceptors (Lipinski definition) is 3. The molecule has 2 heterocycles. The molecule has 96 valence electrons. The summed E-state index contributed by atoms with van der Waals surface area (Å²) in [5.74, 6) is 0. The maximum Gasteiger partial charge on any atom is 0.267 e. The summed E-state index contributed by atoms with van der Waals surface area (Å²) >= 11 is 6.79. The van der Waals surface area contributed by atoms with Gasteiger partial charge >= 0.3 is 0 Å². The Morgan fingerprint density at radius 3 is 2.74 bits per heavy atom. The molecule has 3 rings (SSSR count). The Balaban J connectivity index is 2.38. The molecule has 0 amide bonds.